The van der Waals surface area contributed by atoms with Crippen molar-refractivity contribution in [1.29, 1.82) is 0 Å². The van der Waals surface area contributed by atoms with E-state index in [1.807, 2.05) is 19.1 Å². The van der Waals surface area contributed by atoms with Crippen LogP contribution in [0.2, 0.25) is 5.02 Å². The number of halogens is 1. The van der Waals surface area contributed by atoms with Crippen LogP contribution in [0.25, 0.3) is 6.08 Å². The standard InChI is InChI=1S/C20H20ClN3O2S/c1-3-18(25)23-17-12-16(10-4-13(17)2)22-20(27)24-19(26)11-7-14-5-8-15(21)9-6-14/h4-12H,3H2,1-2H3,(H,23,25)(H2,22,24,26,27)/b11-7+. The zero-order chi connectivity index (χ0) is 19.8. The largest absolute Gasteiger partial charge is 0.332 e. The van der Waals surface area contributed by atoms with Crippen molar-refractivity contribution in [3.63, 3.8) is 0 Å². The van der Waals surface area contributed by atoms with Gasteiger partial charge in [0.05, 0.1) is 0 Å². The Morgan fingerprint density at radius 2 is 1.81 bits per heavy atom. The van der Waals surface area contributed by atoms with E-state index in [0.29, 0.717) is 22.8 Å². The van der Waals surface area contributed by atoms with Crippen LogP contribution in [-0.2, 0) is 9.59 Å². The summed E-state index contributed by atoms with van der Waals surface area (Å²) in [6.07, 6.45) is 3.45. The van der Waals surface area contributed by atoms with Crippen molar-refractivity contribution < 1.29 is 9.59 Å². The fourth-order valence-electron chi connectivity index (χ4n) is 2.13. The third kappa shape index (κ3) is 6.84. The molecule has 0 aliphatic carbocycles. The lowest BCUT2D eigenvalue weighted by molar-refractivity contribution is -0.116. The van der Waals surface area contributed by atoms with Gasteiger partial charge in [-0.3, -0.25) is 14.9 Å². The van der Waals surface area contributed by atoms with Gasteiger partial charge in [0.2, 0.25) is 11.8 Å². The molecule has 0 aromatic heterocycles. The zero-order valence-electron chi connectivity index (χ0n) is 15.0. The first kappa shape index (κ1) is 20.6. The number of benzene rings is 2. The van der Waals surface area contributed by atoms with Crippen LogP contribution in [-0.4, -0.2) is 16.9 Å². The minimum Gasteiger partial charge on any atom is -0.332 e. The Hall–Kier alpha value is -2.70. The highest BCUT2D eigenvalue weighted by molar-refractivity contribution is 7.80. The first-order chi connectivity index (χ1) is 12.9. The third-order valence-corrected chi connectivity index (χ3v) is 4.08. The van der Waals surface area contributed by atoms with Gasteiger partial charge in [-0.2, -0.15) is 0 Å². The molecule has 0 fully saturated rings. The number of aryl methyl sites for hydroxylation is 1. The van der Waals surface area contributed by atoms with Gasteiger partial charge in [0.15, 0.2) is 5.11 Å². The molecule has 0 bridgehead atoms. The summed E-state index contributed by atoms with van der Waals surface area (Å²) < 4.78 is 0. The second-order valence-corrected chi connectivity index (χ2v) is 6.60. The molecule has 0 saturated heterocycles. The number of anilines is 2. The molecule has 140 valence electrons. The van der Waals surface area contributed by atoms with E-state index in [1.165, 1.54) is 6.08 Å². The molecule has 0 aliphatic rings. The molecule has 2 aromatic carbocycles. The number of hydrogen-bond donors (Lipinski definition) is 3. The molecule has 0 saturated carbocycles. The third-order valence-electron chi connectivity index (χ3n) is 3.62. The summed E-state index contributed by atoms with van der Waals surface area (Å²) in [7, 11) is 0. The molecule has 0 aliphatic heterocycles. The maximum absolute atomic E-state index is 12.0. The summed E-state index contributed by atoms with van der Waals surface area (Å²) in [4.78, 5) is 23.6. The lowest BCUT2D eigenvalue weighted by Crippen LogP contribution is -2.32. The van der Waals surface area contributed by atoms with E-state index in [4.69, 9.17) is 23.8 Å². The fourth-order valence-corrected chi connectivity index (χ4v) is 2.48. The highest BCUT2D eigenvalue weighted by atomic mass is 35.5. The van der Waals surface area contributed by atoms with Gasteiger partial charge < -0.3 is 10.6 Å². The Kier molecular flexibility index (Phi) is 7.52. The van der Waals surface area contributed by atoms with Crippen LogP contribution in [0, 0.1) is 6.92 Å². The molecule has 2 amide bonds. The van der Waals surface area contributed by atoms with E-state index in [-0.39, 0.29) is 16.9 Å². The number of amides is 2. The van der Waals surface area contributed by atoms with Crippen molar-refractivity contribution in [2.75, 3.05) is 10.6 Å². The number of hydrogen-bond acceptors (Lipinski definition) is 3. The van der Waals surface area contributed by atoms with Crippen molar-refractivity contribution in [3.8, 4) is 0 Å². The second-order valence-electron chi connectivity index (χ2n) is 5.76. The van der Waals surface area contributed by atoms with Gasteiger partial charge in [-0.15, -0.1) is 0 Å². The van der Waals surface area contributed by atoms with E-state index < -0.39 is 0 Å². The molecule has 3 N–H and O–H groups in total. The summed E-state index contributed by atoms with van der Waals surface area (Å²) in [6, 6.07) is 12.6. The Morgan fingerprint density at radius 1 is 1.11 bits per heavy atom. The van der Waals surface area contributed by atoms with Crippen molar-refractivity contribution in [1.82, 2.24) is 5.32 Å². The molecule has 0 heterocycles. The molecule has 7 heteroatoms. The predicted octanol–water partition coefficient (Wildman–Crippen LogP) is 4.52. The quantitative estimate of drug-likeness (QED) is 0.508. The van der Waals surface area contributed by atoms with Crippen molar-refractivity contribution >= 4 is 58.2 Å². The molecule has 2 rings (SSSR count). The fraction of sp³-hybridized carbons (Fsp3) is 0.150. The summed E-state index contributed by atoms with van der Waals surface area (Å²) in [5, 5.41) is 9.14. The van der Waals surface area contributed by atoms with Gasteiger partial charge in [-0.25, -0.2) is 0 Å². The molecule has 5 nitrogen and oxygen atoms in total. The number of rotatable bonds is 5. The molecule has 27 heavy (non-hydrogen) atoms. The van der Waals surface area contributed by atoms with Crippen molar-refractivity contribution in [3.05, 3.63) is 64.7 Å². The molecule has 2 aromatic rings. The van der Waals surface area contributed by atoms with Crippen LogP contribution in [0.5, 0.6) is 0 Å². The van der Waals surface area contributed by atoms with Gasteiger partial charge in [-0.05, 0) is 60.6 Å². The van der Waals surface area contributed by atoms with Gasteiger partial charge in [-0.1, -0.05) is 36.7 Å². The molecule has 0 spiro atoms. The first-order valence-corrected chi connectivity index (χ1v) is 9.12. The summed E-state index contributed by atoms with van der Waals surface area (Å²) >= 11 is 11.0. The lowest BCUT2D eigenvalue weighted by Gasteiger charge is -2.12. The van der Waals surface area contributed by atoms with Crippen LogP contribution in [0.1, 0.15) is 24.5 Å². The molecule has 0 atom stereocenters. The zero-order valence-corrected chi connectivity index (χ0v) is 16.6. The maximum atomic E-state index is 12.0. The smallest absolute Gasteiger partial charge is 0.250 e. The van der Waals surface area contributed by atoms with Gasteiger partial charge >= 0.3 is 0 Å². The van der Waals surface area contributed by atoms with E-state index in [0.717, 1.165) is 11.1 Å². The van der Waals surface area contributed by atoms with Gasteiger partial charge in [0.1, 0.15) is 0 Å². The second kappa shape index (κ2) is 9.85. The first-order valence-electron chi connectivity index (χ1n) is 8.33. The topological polar surface area (TPSA) is 70.2 Å². The highest BCUT2D eigenvalue weighted by Crippen LogP contribution is 2.20. The molecule has 0 radical (unpaired) electrons. The van der Waals surface area contributed by atoms with Crippen LogP contribution in [0.4, 0.5) is 11.4 Å². The Morgan fingerprint density at radius 3 is 2.48 bits per heavy atom. The van der Waals surface area contributed by atoms with E-state index >= 15 is 0 Å². The summed E-state index contributed by atoms with van der Waals surface area (Å²) in [6.45, 7) is 3.69. The number of carbonyl (C=O) groups is 2. The number of thiocarbonyl (C=S) groups is 1. The number of nitrogens with one attached hydrogen (secondary N) is 3. The maximum Gasteiger partial charge on any atom is 0.250 e. The average Bonchev–Trinajstić information content (AvgIpc) is 2.63. The van der Waals surface area contributed by atoms with Crippen LogP contribution < -0.4 is 16.0 Å². The minimum atomic E-state index is -0.353. The van der Waals surface area contributed by atoms with E-state index in [1.54, 1.807) is 43.3 Å². The van der Waals surface area contributed by atoms with Crippen LogP contribution >= 0.6 is 23.8 Å². The Balaban J connectivity index is 1.94. The van der Waals surface area contributed by atoms with Gasteiger partial charge in [0.25, 0.3) is 0 Å². The Bertz CT molecular complexity index is 879. The molecular weight excluding hydrogens is 382 g/mol. The molecule has 0 unspecified atom stereocenters. The Labute approximate surface area is 168 Å². The highest BCUT2D eigenvalue weighted by Gasteiger charge is 2.06. The monoisotopic (exact) mass is 401 g/mol. The average molecular weight is 402 g/mol. The van der Waals surface area contributed by atoms with Gasteiger partial charge in [0, 0.05) is 28.9 Å². The minimum absolute atomic E-state index is 0.0709. The SMILES string of the molecule is CCC(=O)Nc1cc(NC(=S)NC(=O)/C=C/c2ccc(Cl)cc2)ccc1C. The lowest BCUT2D eigenvalue weighted by atomic mass is 10.1. The van der Waals surface area contributed by atoms with E-state index in [2.05, 4.69) is 16.0 Å². The van der Waals surface area contributed by atoms with Crippen LogP contribution in [0.3, 0.4) is 0 Å². The van der Waals surface area contributed by atoms with Crippen LogP contribution in [0.15, 0.2) is 48.5 Å². The van der Waals surface area contributed by atoms with Crippen molar-refractivity contribution in [2.45, 2.75) is 20.3 Å². The molecular formula is C20H20ClN3O2S. The summed E-state index contributed by atoms with van der Waals surface area (Å²) in [5.74, 6) is -0.424. The van der Waals surface area contributed by atoms with Crippen molar-refractivity contribution in [2.24, 2.45) is 0 Å². The van der Waals surface area contributed by atoms with E-state index in [9.17, 15) is 9.59 Å². The predicted molar refractivity (Wildman–Crippen MR) is 115 cm³/mol. The number of carbonyl (C=O) groups excluding carboxylic acids is 2. The summed E-state index contributed by atoms with van der Waals surface area (Å²) in [5.41, 5.74) is 3.15. The normalized spacial score (nSPS) is 10.5.